The molecule has 0 spiro atoms. The number of nitrogens with one attached hydrogen (secondary N) is 4. The summed E-state index contributed by atoms with van der Waals surface area (Å²) in [7, 11) is 0. The van der Waals surface area contributed by atoms with Gasteiger partial charge in [0.25, 0.3) is 0 Å². The van der Waals surface area contributed by atoms with E-state index in [2.05, 4.69) is 20.9 Å². The topological polar surface area (TPSA) is 210 Å². The number of carbonyl (C=O) groups is 6. The minimum Gasteiger partial charge on any atom is -0.481 e. The van der Waals surface area contributed by atoms with Gasteiger partial charge in [0.15, 0.2) is 11.6 Å². The summed E-state index contributed by atoms with van der Waals surface area (Å²) in [6, 6.07) is 23.7. The lowest BCUT2D eigenvalue weighted by molar-refractivity contribution is -0.149. The summed E-state index contributed by atoms with van der Waals surface area (Å²) in [5, 5.41) is 18.5. The molecule has 13 heteroatoms. The Morgan fingerprint density at radius 2 is 1.51 bits per heavy atom. The van der Waals surface area contributed by atoms with E-state index >= 15 is 0 Å². The number of hydrogen-bond acceptors (Lipinski definition) is 9. The lowest BCUT2D eigenvalue weighted by Gasteiger charge is -2.22. The molecule has 0 aliphatic heterocycles. The van der Waals surface area contributed by atoms with Crippen LogP contribution in [-0.4, -0.2) is 77.1 Å². The zero-order valence-corrected chi connectivity index (χ0v) is 31.0. The highest BCUT2D eigenvalue weighted by molar-refractivity contribution is 5.98. The first kappa shape index (κ1) is 42.1. The number of aromatic nitrogens is 1. The van der Waals surface area contributed by atoms with Gasteiger partial charge in [0.2, 0.25) is 11.8 Å². The number of rotatable bonds is 25. The summed E-state index contributed by atoms with van der Waals surface area (Å²) < 4.78 is 5.49. The molecule has 4 rings (SSSR count). The van der Waals surface area contributed by atoms with Crippen molar-refractivity contribution in [2.24, 2.45) is 11.7 Å². The van der Waals surface area contributed by atoms with Gasteiger partial charge in [0, 0.05) is 54.4 Å². The van der Waals surface area contributed by atoms with Gasteiger partial charge in [-0.2, -0.15) is 0 Å². The standard InChI is InChI=1S/C42H51N5O8/c43-22-10-9-18-35(46-27-38(49)30-14-5-2-6-15-30)37(48)25-31(24-32-26-45-34-17-8-7-16-33(32)34)41(53)44-23-21-36(47-39(50)19-11-20-40(51)52)42(54)55-28-29-12-3-1-4-13-29/h1-8,12-17,26,31,35-36,45-46H,9-11,18-25,27-28,43H2,(H,44,53)(H,47,50)(H,51,52)/t31-,35-,36+/m0/s1. The Labute approximate surface area is 320 Å². The number of aliphatic carboxylic acids is 1. The van der Waals surface area contributed by atoms with Gasteiger partial charge in [-0.25, -0.2) is 4.79 Å². The average molecular weight is 754 g/mol. The molecule has 2 amide bonds. The number of esters is 1. The largest absolute Gasteiger partial charge is 0.481 e. The van der Waals surface area contributed by atoms with Crippen molar-refractivity contribution in [3.8, 4) is 0 Å². The van der Waals surface area contributed by atoms with Gasteiger partial charge in [-0.3, -0.25) is 24.0 Å². The molecular formula is C42H51N5O8. The molecule has 0 saturated heterocycles. The highest BCUT2D eigenvalue weighted by atomic mass is 16.5. The van der Waals surface area contributed by atoms with Crippen molar-refractivity contribution in [3.05, 3.63) is 108 Å². The number of carboxylic acid groups (broad SMARTS) is 1. The molecule has 0 saturated carbocycles. The molecule has 0 unspecified atom stereocenters. The van der Waals surface area contributed by atoms with Gasteiger partial charge in [0.1, 0.15) is 12.6 Å². The van der Waals surface area contributed by atoms with Crippen molar-refractivity contribution in [1.82, 2.24) is 20.9 Å². The molecule has 13 nitrogen and oxygen atoms in total. The molecule has 3 aromatic carbocycles. The minimum atomic E-state index is -1.12. The van der Waals surface area contributed by atoms with E-state index in [0.29, 0.717) is 31.4 Å². The zero-order chi connectivity index (χ0) is 39.4. The van der Waals surface area contributed by atoms with Gasteiger partial charge in [-0.1, -0.05) is 85.3 Å². The number of para-hydroxylation sites is 1. The molecule has 7 N–H and O–H groups in total. The Morgan fingerprint density at radius 1 is 0.800 bits per heavy atom. The second-order valence-electron chi connectivity index (χ2n) is 13.5. The van der Waals surface area contributed by atoms with E-state index < -0.39 is 41.8 Å². The zero-order valence-electron chi connectivity index (χ0n) is 31.0. The fourth-order valence-corrected chi connectivity index (χ4v) is 6.25. The number of carbonyl (C=O) groups excluding carboxylic acids is 5. The number of amides is 2. The molecule has 0 bridgehead atoms. The first-order valence-electron chi connectivity index (χ1n) is 18.7. The van der Waals surface area contributed by atoms with E-state index in [1.807, 2.05) is 42.6 Å². The molecule has 55 heavy (non-hydrogen) atoms. The smallest absolute Gasteiger partial charge is 0.329 e. The monoisotopic (exact) mass is 753 g/mol. The lowest BCUT2D eigenvalue weighted by atomic mass is 9.89. The number of ether oxygens (including phenoxy) is 1. The van der Waals surface area contributed by atoms with Crippen LogP contribution in [0.15, 0.2) is 91.1 Å². The van der Waals surface area contributed by atoms with Crippen LogP contribution in [0.5, 0.6) is 0 Å². The predicted molar refractivity (Wildman–Crippen MR) is 208 cm³/mol. The number of Topliss-reactive ketones (excluding diaryl/α,β-unsaturated/α-hetero) is 2. The molecule has 3 atom stereocenters. The summed E-state index contributed by atoms with van der Waals surface area (Å²) in [5.74, 6) is -3.84. The molecule has 1 aromatic heterocycles. The quantitative estimate of drug-likeness (QED) is 0.0322. The predicted octanol–water partition coefficient (Wildman–Crippen LogP) is 4.25. The number of unbranched alkanes of at least 4 members (excludes halogenated alkanes) is 1. The highest BCUT2D eigenvalue weighted by Gasteiger charge is 2.29. The molecule has 4 aromatic rings. The Morgan fingerprint density at radius 3 is 2.24 bits per heavy atom. The van der Waals surface area contributed by atoms with Crippen LogP contribution < -0.4 is 21.7 Å². The van der Waals surface area contributed by atoms with E-state index in [1.165, 1.54) is 0 Å². The van der Waals surface area contributed by atoms with E-state index in [9.17, 15) is 28.8 Å². The fraction of sp³-hybridized carbons (Fsp3) is 0.381. The first-order chi connectivity index (χ1) is 26.6. The van der Waals surface area contributed by atoms with Crippen LogP contribution in [0.3, 0.4) is 0 Å². The van der Waals surface area contributed by atoms with Gasteiger partial charge in [0.05, 0.1) is 12.6 Å². The van der Waals surface area contributed by atoms with Crippen molar-refractivity contribution < 1.29 is 38.6 Å². The summed E-state index contributed by atoms with van der Waals surface area (Å²) in [5.41, 5.74) is 8.75. The maximum Gasteiger partial charge on any atom is 0.329 e. The van der Waals surface area contributed by atoms with E-state index in [0.717, 1.165) is 22.0 Å². The van der Waals surface area contributed by atoms with Gasteiger partial charge >= 0.3 is 11.9 Å². The lowest BCUT2D eigenvalue weighted by Crippen LogP contribution is -2.45. The van der Waals surface area contributed by atoms with Crippen molar-refractivity contribution in [2.45, 2.75) is 76.5 Å². The first-order valence-corrected chi connectivity index (χ1v) is 18.7. The Hall–Kier alpha value is -5.66. The van der Waals surface area contributed by atoms with Gasteiger partial charge in [-0.15, -0.1) is 0 Å². The molecule has 0 radical (unpaired) electrons. The number of H-pyrrole nitrogens is 1. The third kappa shape index (κ3) is 14.3. The summed E-state index contributed by atoms with van der Waals surface area (Å²) >= 11 is 0. The van der Waals surface area contributed by atoms with Crippen LogP contribution in [-0.2, 0) is 41.7 Å². The number of ketones is 2. The third-order valence-electron chi connectivity index (χ3n) is 9.27. The van der Waals surface area contributed by atoms with Crippen molar-refractivity contribution in [1.29, 1.82) is 0 Å². The van der Waals surface area contributed by atoms with Crippen LogP contribution in [0.4, 0.5) is 0 Å². The maximum atomic E-state index is 14.0. The number of hydrogen-bond donors (Lipinski definition) is 6. The van der Waals surface area contributed by atoms with Crippen LogP contribution in [0.1, 0.15) is 72.9 Å². The Kier molecular flexibility index (Phi) is 17.2. The number of nitrogens with two attached hydrogens (primary N) is 1. The number of fused-ring (bicyclic) bond motifs is 1. The van der Waals surface area contributed by atoms with E-state index in [-0.39, 0.29) is 69.8 Å². The molecule has 0 aliphatic carbocycles. The third-order valence-corrected chi connectivity index (χ3v) is 9.27. The second-order valence-corrected chi connectivity index (χ2v) is 13.5. The normalized spacial score (nSPS) is 12.7. The van der Waals surface area contributed by atoms with Crippen molar-refractivity contribution in [2.75, 3.05) is 19.6 Å². The van der Waals surface area contributed by atoms with Gasteiger partial charge < -0.3 is 36.5 Å². The number of aromatic amines is 1. The number of carboxylic acids is 1. The van der Waals surface area contributed by atoms with E-state index in [1.54, 1.807) is 48.5 Å². The Bertz CT molecular complexity index is 1860. The van der Waals surface area contributed by atoms with E-state index in [4.69, 9.17) is 15.6 Å². The summed E-state index contributed by atoms with van der Waals surface area (Å²) in [6.45, 7) is 0.358. The highest BCUT2D eigenvalue weighted by Crippen LogP contribution is 2.23. The SMILES string of the molecule is NCCCC[C@H](NCC(=O)c1ccccc1)C(=O)C[C@H](Cc1c[nH]c2ccccc12)C(=O)NCC[C@@H](NC(=O)CCCC(=O)O)C(=O)OCc1ccccc1. The maximum absolute atomic E-state index is 14.0. The van der Waals surface area contributed by atoms with Crippen molar-refractivity contribution in [3.63, 3.8) is 0 Å². The fourth-order valence-electron chi connectivity index (χ4n) is 6.25. The molecule has 0 aliphatic rings. The molecular weight excluding hydrogens is 702 g/mol. The molecule has 292 valence electrons. The average Bonchev–Trinajstić information content (AvgIpc) is 3.60. The Balaban J connectivity index is 1.47. The van der Waals surface area contributed by atoms with Gasteiger partial charge in [-0.05, 0) is 55.8 Å². The number of benzene rings is 3. The van der Waals surface area contributed by atoms with Crippen LogP contribution >= 0.6 is 0 Å². The summed E-state index contributed by atoms with van der Waals surface area (Å²) in [4.78, 5) is 80.8. The minimum absolute atomic E-state index is 0.0113. The molecule has 1 heterocycles. The molecule has 0 fully saturated rings. The summed E-state index contributed by atoms with van der Waals surface area (Å²) in [6.07, 6.45) is 3.52. The van der Waals surface area contributed by atoms with Crippen LogP contribution in [0, 0.1) is 5.92 Å². The van der Waals surface area contributed by atoms with Crippen molar-refractivity contribution >= 4 is 46.2 Å². The van der Waals surface area contributed by atoms with Crippen LogP contribution in [0.2, 0.25) is 0 Å². The van der Waals surface area contributed by atoms with Crippen LogP contribution in [0.25, 0.3) is 10.9 Å². The second kappa shape index (κ2) is 22.5.